The predicted molar refractivity (Wildman–Crippen MR) is 74.1 cm³/mol. The number of esters is 1. The third-order valence-electron chi connectivity index (χ3n) is 2.98. The van der Waals surface area contributed by atoms with Gasteiger partial charge in [-0.3, -0.25) is 0 Å². The van der Waals surface area contributed by atoms with Crippen LogP contribution < -0.4 is 5.32 Å². The van der Waals surface area contributed by atoms with E-state index in [9.17, 15) is 27.5 Å². The Hall–Kier alpha value is -2.77. The summed E-state index contributed by atoms with van der Waals surface area (Å²) in [6.45, 7) is 0. The topological polar surface area (TPSA) is 58.6 Å². The van der Waals surface area contributed by atoms with E-state index in [1.54, 1.807) is 0 Å². The van der Waals surface area contributed by atoms with Crippen LogP contribution in [0.4, 0.5) is 28.9 Å². The van der Waals surface area contributed by atoms with E-state index in [1.165, 1.54) is 6.07 Å². The molecule has 4 nitrogen and oxygen atoms in total. The molecule has 0 radical (unpaired) electrons. The number of benzene rings is 2. The van der Waals surface area contributed by atoms with Crippen molar-refractivity contribution in [1.82, 2.24) is 0 Å². The molecular weight excluding hydrogens is 318 g/mol. The van der Waals surface area contributed by atoms with Crippen molar-refractivity contribution < 1.29 is 32.2 Å². The van der Waals surface area contributed by atoms with Gasteiger partial charge in [0.15, 0.2) is 0 Å². The molecule has 0 heterocycles. The molecule has 0 aliphatic rings. The van der Waals surface area contributed by atoms with Crippen LogP contribution in [0.25, 0.3) is 0 Å². The van der Waals surface area contributed by atoms with Crippen LogP contribution in [0.1, 0.15) is 15.9 Å². The molecule has 122 valence electrons. The molecule has 0 aromatic heterocycles. The lowest BCUT2D eigenvalue weighted by Crippen LogP contribution is -2.11. The Morgan fingerprint density at radius 2 is 1.78 bits per heavy atom. The molecule has 2 aromatic carbocycles. The Kier molecular flexibility index (Phi) is 4.44. The van der Waals surface area contributed by atoms with Crippen LogP contribution in [0.5, 0.6) is 5.75 Å². The fourth-order valence-corrected chi connectivity index (χ4v) is 1.86. The summed E-state index contributed by atoms with van der Waals surface area (Å²) in [7, 11) is 1.03. The van der Waals surface area contributed by atoms with Crippen molar-refractivity contribution >= 4 is 17.3 Å². The molecule has 0 aliphatic heterocycles. The molecule has 0 saturated carbocycles. The van der Waals surface area contributed by atoms with Crippen LogP contribution in [0.3, 0.4) is 0 Å². The molecule has 0 amide bonds. The lowest BCUT2D eigenvalue weighted by atomic mass is 10.1. The third kappa shape index (κ3) is 3.71. The van der Waals surface area contributed by atoms with Crippen molar-refractivity contribution in [3.05, 3.63) is 53.3 Å². The SMILES string of the molecule is COC(=O)c1cc(C(F)(F)F)ccc1Nc1ccc(F)cc1O. The first-order chi connectivity index (χ1) is 10.7. The minimum absolute atomic E-state index is 0.0215. The smallest absolute Gasteiger partial charge is 0.416 e. The van der Waals surface area contributed by atoms with Gasteiger partial charge in [0.05, 0.1) is 29.6 Å². The number of rotatable bonds is 3. The minimum atomic E-state index is -4.63. The fraction of sp³-hybridized carbons (Fsp3) is 0.133. The maximum atomic E-state index is 12.9. The quantitative estimate of drug-likeness (QED) is 0.506. The molecule has 0 atom stereocenters. The molecule has 0 bridgehead atoms. The van der Waals surface area contributed by atoms with Crippen molar-refractivity contribution in [2.75, 3.05) is 12.4 Å². The molecule has 0 spiro atoms. The molecule has 0 saturated heterocycles. The van der Waals surface area contributed by atoms with Gasteiger partial charge in [0.25, 0.3) is 0 Å². The summed E-state index contributed by atoms with van der Waals surface area (Å²) in [6.07, 6.45) is -4.63. The van der Waals surface area contributed by atoms with Gasteiger partial charge in [0.2, 0.25) is 0 Å². The molecule has 0 aliphatic carbocycles. The number of phenols is 1. The summed E-state index contributed by atoms with van der Waals surface area (Å²) in [5.41, 5.74) is -1.39. The van der Waals surface area contributed by atoms with Gasteiger partial charge < -0.3 is 15.2 Å². The number of hydrogen-bond donors (Lipinski definition) is 2. The monoisotopic (exact) mass is 329 g/mol. The number of phenolic OH excluding ortho intramolecular Hbond substituents is 1. The fourth-order valence-electron chi connectivity index (χ4n) is 1.86. The third-order valence-corrected chi connectivity index (χ3v) is 2.98. The Balaban J connectivity index is 2.47. The van der Waals surface area contributed by atoms with Gasteiger partial charge >= 0.3 is 12.1 Å². The predicted octanol–water partition coefficient (Wildman–Crippen LogP) is 4.08. The zero-order valence-electron chi connectivity index (χ0n) is 11.7. The van der Waals surface area contributed by atoms with Crippen molar-refractivity contribution in [3.63, 3.8) is 0 Å². The summed E-state index contributed by atoms with van der Waals surface area (Å²) < 4.78 is 55.7. The lowest BCUT2D eigenvalue weighted by Gasteiger charge is -2.14. The Morgan fingerprint density at radius 3 is 2.35 bits per heavy atom. The van der Waals surface area contributed by atoms with Crippen molar-refractivity contribution in [2.45, 2.75) is 6.18 Å². The van der Waals surface area contributed by atoms with Crippen molar-refractivity contribution in [1.29, 1.82) is 0 Å². The zero-order chi connectivity index (χ0) is 17.2. The second-order valence-corrected chi connectivity index (χ2v) is 4.54. The number of hydrogen-bond acceptors (Lipinski definition) is 4. The van der Waals surface area contributed by atoms with E-state index in [2.05, 4.69) is 10.1 Å². The molecule has 0 fully saturated rings. The zero-order valence-corrected chi connectivity index (χ0v) is 11.7. The summed E-state index contributed by atoms with van der Waals surface area (Å²) in [5, 5.41) is 12.2. The van der Waals surface area contributed by atoms with Crippen LogP contribution in [0, 0.1) is 5.82 Å². The highest BCUT2D eigenvalue weighted by atomic mass is 19.4. The van der Waals surface area contributed by atoms with Gasteiger partial charge in [-0.2, -0.15) is 13.2 Å². The maximum absolute atomic E-state index is 12.9. The number of carbonyl (C=O) groups is 1. The molecule has 0 unspecified atom stereocenters. The number of ether oxygens (including phenoxy) is 1. The average Bonchev–Trinajstić information content (AvgIpc) is 2.48. The molecule has 2 rings (SSSR count). The van der Waals surface area contributed by atoms with E-state index in [1.807, 2.05) is 0 Å². The number of methoxy groups -OCH3 is 1. The van der Waals surface area contributed by atoms with E-state index in [0.717, 1.165) is 31.4 Å². The van der Waals surface area contributed by atoms with E-state index in [4.69, 9.17) is 0 Å². The average molecular weight is 329 g/mol. The number of anilines is 2. The highest BCUT2D eigenvalue weighted by molar-refractivity contribution is 5.97. The summed E-state index contributed by atoms with van der Waals surface area (Å²) in [5.74, 6) is -2.13. The Morgan fingerprint density at radius 1 is 1.13 bits per heavy atom. The van der Waals surface area contributed by atoms with Crippen molar-refractivity contribution in [2.24, 2.45) is 0 Å². The second kappa shape index (κ2) is 6.15. The number of aromatic hydroxyl groups is 1. The number of halogens is 4. The van der Waals surface area contributed by atoms with E-state index < -0.39 is 29.3 Å². The first-order valence-corrected chi connectivity index (χ1v) is 6.27. The van der Waals surface area contributed by atoms with Gasteiger partial charge in [-0.25, -0.2) is 9.18 Å². The number of carbonyl (C=O) groups excluding carboxylic acids is 1. The number of alkyl halides is 3. The Labute approximate surface area is 128 Å². The van der Waals surface area contributed by atoms with Crippen LogP contribution in [-0.4, -0.2) is 18.2 Å². The molecular formula is C15H11F4NO3. The summed E-state index contributed by atoms with van der Waals surface area (Å²) >= 11 is 0. The number of nitrogens with one attached hydrogen (secondary N) is 1. The lowest BCUT2D eigenvalue weighted by molar-refractivity contribution is -0.137. The first-order valence-electron chi connectivity index (χ1n) is 6.27. The minimum Gasteiger partial charge on any atom is -0.506 e. The molecule has 2 aromatic rings. The Bertz CT molecular complexity index is 744. The van der Waals surface area contributed by atoms with E-state index in [0.29, 0.717) is 6.07 Å². The van der Waals surface area contributed by atoms with Crippen molar-refractivity contribution in [3.8, 4) is 5.75 Å². The second-order valence-electron chi connectivity index (χ2n) is 4.54. The molecule has 2 N–H and O–H groups in total. The van der Waals surface area contributed by atoms with Crippen LogP contribution >= 0.6 is 0 Å². The largest absolute Gasteiger partial charge is 0.506 e. The van der Waals surface area contributed by atoms with Crippen LogP contribution in [0.15, 0.2) is 36.4 Å². The van der Waals surface area contributed by atoms with Crippen LogP contribution in [-0.2, 0) is 10.9 Å². The summed E-state index contributed by atoms with van der Waals surface area (Å²) in [4.78, 5) is 11.7. The maximum Gasteiger partial charge on any atom is 0.416 e. The van der Waals surface area contributed by atoms with Gasteiger partial charge in [-0.15, -0.1) is 0 Å². The first kappa shape index (κ1) is 16.6. The standard InChI is InChI=1S/C15H11F4NO3/c1-23-14(22)10-6-8(15(17,18)19)2-4-11(10)20-12-5-3-9(16)7-13(12)21/h2-7,20-21H,1H3. The molecule has 23 heavy (non-hydrogen) atoms. The van der Waals surface area contributed by atoms with Gasteiger partial charge in [0, 0.05) is 6.07 Å². The highest BCUT2D eigenvalue weighted by Crippen LogP contribution is 2.34. The van der Waals surface area contributed by atoms with Gasteiger partial charge in [-0.1, -0.05) is 0 Å². The highest BCUT2D eigenvalue weighted by Gasteiger charge is 2.32. The van der Waals surface area contributed by atoms with Gasteiger partial charge in [0.1, 0.15) is 11.6 Å². The van der Waals surface area contributed by atoms with E-state index in [-0.39, 0.29) is 16.9 Å². The van der Waals surface area contributed by atoms with E-state index >= 15 is 0 Å². The normalized spacial score (nSPS) is 11.2. The van der Waals surface area contributed by atoms with Crippen LogP contribution in [0.2, 0.25) is 0 Å². The molecule has 8 heteroatoms. The van der Waals surface area contributed by atoms with Gasteiger partial charge in [-0.05, 0) is 30.3 Å². The summed E-state index contributed by atoms with van der Waals surface area (Å²) in [6, 6.07) is 5.49.